The molecule has 0 heterocycles. The maximum Gasteiger partial charge on any atom is 0.243 e. The van der Waals surface area contributed by atoms with Gasteiger partial charge in [0, 0.05) is 12.6 Å². The van der Waals surface area contributed by atoms with E-state index in [1.54, 1.807) is 0 Å². The second kappa shape index (κ2) is 6.12. The van der Waals surface area contributed by atoms with Crippen molar-refractivity contribution in [3.05, 3.63) is 28.5 Å². The zero-order valence-corrected chi connectivity index (χ0v) is 14.0. The van der Waals surface area contributed by atoms with Gasteiger partial charge in [0.25, 0.3) is 0 Å². The van der Waals surface area contributed by atoms with Gasteiger partial charge in [0.2, 0.25) is 10.0 Å². The van der Waals surface area contributed by atoms with Crippen LogP contribution in [0, 0.1) is 11.7 Å². The standard InChI is InChI=1S/C14H19BrFNO2S/c1-10(2)7-8-17(11-3-4-11)20(18,19)12-5-6-13(15)14(16)9-12/h5-6,9-11H,3-4,7-8H2,1-2H3. The smallest absolute Gasteiger partial charge is 0.207 e. The third kappa shape index (κ3) is 3.59. The van der Waals surface area contributed by atoms with E-state index in [9.17, 15) is 12.8 Å². The topological polar surface area (TPSA) is 37.4 Å². The molecule has 1 fully saturated rings. The largest absolute Gasteiger partial charge is 0.243 e. The molecule has 1 aromatic rings. The average Bonchev–Trinajstić information content (AvgIpc) is 3.16. The maximum atomic E-state index is 13.6. The minimum absolute atomic E-state index is 0.0360. The molecule has 1 aliphatic rings. The van der Waals surface area contributed by atoms with Crippen LogP contribution in [0.15, 0.2) is 27.6 Å². The Hall–Kier alpha value is -0.460. The summed E-state index contributed by atoms with van der Waals surface area (Å²) in [6.45, 7) is 4.64. The van der Waals surface area contributed by atoms with E-state index in [0.717, 1.165) is 25.3 Å². The number of hydrogen-bond donors (Lipinski definition) is 0. The van der Waals surface area contributed by atoms with Crippen molar-refractivity contribution in [3.8, 4) is 0 Å². The lowest BCUT2D eigenvalue weighted by Crippen LogP contribution is -2.34. The first kappa shape index (κ1) is 15.9. The number of benzene rings is 1. The van der Waals surface area contributed by atoms with Crippen molar-refractivity contribution in [2.45, 2.75) is 44.0 Å². The Kier molecular flexibility index (Phi) is 4.87. The van der Waals surface area contributed by atoms with Gasteiger partial charge in [-0.2, -0.15) is 4.31 Å². The Bertz CT molecular complexity index is 585. The van der Waals surface area contributed by atoms with Crippen LogP contribution in [0.25, 0.3) is 0 Å². The molecule has 0 atom stereocenters. The minimum Gasteiger partial charge on any atom is -0.207 e. The van der Waals surface area contributed by atoms with Crippen LogP contribution < -0.4 is 0 Å². The Labute approximate surface area is 128 Å². The van der Waals surface area contributed by atoms with Crippen molar-refractivity contribution in [1.29, 1.82) is 0 Å². The molecule has 1 saturated carbocycles. The van der Waals surface area contributed by atoms with Gasteiger partial charge >= 0.3 is 0 Å². The zero-order valence-electron chi connectivity index (χ0n) is 11.6. The number of rotatable bonds is 6. The quantitative estimate of drug-likeness (QED) is 0.770. The molecular weight excluding hydrogens is 345 g/mol. The predicted molar refractivity (Wildman–Crippen MR) is 80.5 cm³/mol. The van der Waals surface area contributed by atoms with Gasteiger partial charge in [-0.3, -0.25) is 0 Å². The number of hydrogen-bond acceptors (Lipinski definition) is 2. The molecule has 20 heavy (non-hydrogen) atoms. The fraction of sp³-hybridized carbons (Fsp3) is 0.571. The van der Waals surface area contributed by atoms with Crippen molar-refractivity contribution in [2.75, 3.05) is 6.54 Å². The summed E-state index contributed by atoms with van der Waals surface area (Å²) in [5.74, 6) is -0.112. The molecule has 0 radical (unpaired) electrons. The summed E-state index contributed by atoms with van der Waals surface area (Å²) in [5, 5.41) is 0. The molecule has 0 spiro atoms. The summed E-state index contributed by atoms with van der Waals surface area (Å²) >= 11 is 3.04. The van der Waals surface area contributed by atoms with Gasteiger partial charge in [0.15, 0.2) is 0 Å². The predicted octanol–water partition coefficient (Wildman–Crippen LogP) is 3.79. The van der Waals surface area contributed by atoms with Crippen LogP contribution in [0.5, 0.6) is 0 Å². The van der Waals surface area contributed by atoms with Gasteiger partial charge in [-0.15, -0.1) is 0 Å². The first-order valence-corrected chi connectivity index (χ1v) is 9.02. The normalized spacial score (nSPS) is 16.1. The van der Waals surface area contributed by atoms with E-state index in [-0.39, 0.29) is 15.4 Å². The summed E-state index contributed by atoms with van der Waals surface area (Å²) in [5.41, 5.74) is 0. The van der Waals surface area contributed by atoms with Gasteiger partial charge in [0.05, 0.1) is 9.37 Å². The molecule has 1 aliphatic carbocycles. The molecule has 0 aromatic heterocycles. The van der Waals surface area contributed by atoms with E-state index in [0.29, 0.717) is 12.5 Å². The lowest BCUT2D eigenvalue weighted by Gasteiger charge is -2.23. The second-order valence-electron chi connectivity index (χ2n) is 5.61. The molecule has 3 nitrogen and oxygen atoms in total. The molecule has 0 N–H and O–H groups in total. The van der Waals surface area contributed by atoms with Crippen LogP contribution in [0.3, 0.4) is 0 Å². The van der Waals surface area contributed by atoms with Crippen LogP contribution in [0.4, 0.5) is 4.39 Å². The Morgan fingerprint density at radius 1 is 1.40 bits per heavy atom. The van der Waals surface area contributed by atoms with E-state index >= 15 is 0 Å². The highest BCUT2D eigenvalue weighted by atomic mass is 79.9. The molecule has 0 amide bonds. The summed E-state index contributed by atoms with van der Waals surface area (Å²) in [4.78, 5) is 0.0360. The van der Waals surface area contributed by atoms with Crippen molar-refractivity contribution < 1.29 is 12.8 Å². The molecule has 2 rings (SSSR count). The van der Waals surface area contributed by atoms with Crippen molar-refractivity contribution in [2.24, 2.45) is 5.92 Å². The minimum atomic E-state index is -3.60. The van der Waals surface area contributed by atoms with E-state index in [1.165, 1.54) is 16.4 Å². The third-order valence-corrected chi connectivity index (χ3v) is 5.97. The highest BCUT2D eigenvalue weighted by Gasteiger charge is 2.37. The van der Waals surface area contributed by atoms with Gasteiger partial charge in [0.1, 0.15) is 5.82 Å². The lowest BCUT2D eigenvalue weighted by atomic mass is 10.1. The molecule has 0 aliphatic heterocycles. The van der Waals surface area contributed by atoms with Crippen LogP contribution >= 0.6 is 15.9 Å². The van der Waals surface area contributed by atoms with Gasteiger partial charge < -0.3 is 0 Å². The summed E-state index contributed by atoms with van der Waals surface area (Å²) < 4.78 is 40.7. The van der Waals surface area contributed by atoms with Gasteiger partial charge in [-0.25, -0.2) is 12.8 Å². The lowest BCUT2D eigenvalue weighted by molar-refractivity contribution is 0.373. The molecule has 0 unspecified atom stereocenters. The van der Waals surface area contributed by atoms with Gasteiger partial charge in [-0.1, -0.05) is 13.8 Å². The number of sulfonamides is 1. The SMILES string of the molecule is CC(C)CCN(C1CC1)S(=O)(=O)c1ccc(Br)c(F)c1. The van der Waals surface area contributed by atoms with E-state index in [4.69, 9.17) is 0 Å². The molecular formula is C14H19BrFNO2S. The third-order valence-electron chi connectivity index (χ3n) is 3.38. The summed E-state index contributed by atoms with van der Waals surface area (Å²) in [6, 6.07) is 4.07. The van der Waals surface area contributed by atoms with E-state index < -0.39 is 15.8 Å². The molecule has 112 valence electrons. The molecule has 1 aromatic carbocycles. The Morgan fingerprint density at radius 2 is 2.05 bits per heavy atom. The molecule has 0 bridgehead atoms. The van der Waals surface area contributed by atoms with Crippen molar-refractivity contribution in [3.63, 3.8) is 0 Å². The van der Waals surface area contributed by atoms with Crippen LogP contribution in [-0.2, 0) is 10.0 Å². The van der Waals surface area contributed by atoms with Crippen LogP contribution in [-0.4, -0.2) is 25.3 Å². The van der Waals surface area contributed by atoms with Crippen molar-refractivity contribution >= 4 is 26.0 Å². The first-order chi connectivity index (χ1) is 9.32. The van der Waals surface area contributed by atoms with Gasteiger partial charge in [-0.05, 0) is 59.3 Å². The fourth-order valence-electron chi connectivity index (χ4n) is 2.02. The van der Waals surface area contributed by atoms with Crippen LogP contribution in [0.2, 0.25) is 0 Å². The van der Waals surface area contributed by atoms with Crippen molar-refractivity contribution in [1.82, 2.24) is 4.31 Å². The maximum absolute atomic E-state index is 13.6. The van der Waals surface area contributed by atoms with E-state index in [1.807, 2.05) is 0 Å². The number of halogens is 2. The van der Waals surface area contributed by atoms with Crippen LogP contribution in [0.1, 0.15) is 33.1 Å². The number of nitrogens with zero attached hydrogens (tertiary/aromatic N) is 1. The molecule has 0 saturated heterocycles. The monoisotopic (exact) mass is 363 g/mol. The Balaban J connectivity index is 2.27. The molecule has 6 heteroatoms. The van der Waals surface area contributed by atoms with E-state index in [2.05, 4.69) is 29.8 Å². The fourth-order valence-corrected chi connectivity index (χ4v) is 3.98. The Morgan fingerprint density at radius 3 is 2.55 bits per heavy atom. The highest BCUT2D eigenvalue weighted by molar-refractivity contribution is 9.10. The zero-order chi connectivity index (χ0) is 14.9. The second-order valence-corrected chi connectivity index (χ2v) is 8.35. The highest BCUT2D eigenvalue weighted by Crippen LogP contribution is 2.33. The average molecular weight is 364 g/mol. The first-order valence-electron chi connectivity index (χ1n) is 6.79. The summed E-state index contributed by atoms with van der Waals surface area (Å²) in [6.07, 6.45) is 2.61. The summed E-state index contributed by atoms with van der Waals surface area (Å²) in [7, 11) is -3.60.